The first kappa shape index (κ1) is 22.3. The first-order valence-corrected chi connectivity index (χ1v) is 9.86. The van der Waals surface area contributed by atoms with Gasteiger partial charge in [0, 0.05) is 19.6 Å². The summed E-state index contributed by atoms with van der Waals surface area (Å²) in [5.74, 6) is -0.483. The number of rotatable bonds is 7. The molecular weight excluding hydrogens is 418 g/mol. The maximum atomic E-state index is 13.6. The topological polar surface area (TPSA) is 87.6 Å². The van der Waals surface area contributed by atoms with E-state index in [0.29, 0.717) is 25.9 Å². The van der Waals surface area contributed by atoms with E-state index in [-0.39, 0.29) is 23.1 Å². The molecule has 0 aliphatic carbocycles. The minimum absolute atomic E-state index is 0.00560. The lowest BCUT2D eigenvalue weighted by molar-refractivity contribution is -0.0658. The van der Waals surface area contributed by atoms with Crippen LogP contribution in [0.3, 0.4) is 0 Å². The molecule has 0 bridgehead atoms. The summed E-state index contributed by atoms with van der Waals surface area (Å²) in [7, 11) is 1.23. The van der Waals surface area contributed by atoms with Crippen LogP contribution in [0.5, 0.6) is 0 Å². The van der Waals surface area contributed by atoms with Gasteiger partial charge in [-0.1, -0.05) is 41.9 Å². The van der Waals surface area contributed by atoms with Crippen molar-refractivity contribution in [2.45, 2.75) is 37.5 Å². The summed E-state index contributed by atoms with van der Waals surface area (Å²) in [6, 6.07) is 10.6. The van der Waals surface area contributed by atoms with Crippen molar-refractivity contribution < 1.29 is 23.4 Å². The van der Waals surface area contributed by atoms with E-state index in [1.54, 1.807) is 4.90 Å². The molecule has 0 radical (unpaired) electrons. The summed E-state index contributed by atoms with van der Waals surface area (Å²) in [6.45, 7) is 0.755. The molecule has 2 N–H and O–H groups in total. The minimum atomic E-state index is -2.94. The largest absolute Gasteiger partial charge is 0.465 e. The summed E-state index contributed by atoms with van der Waals surface area (Å²) in [5, 5.41) is 21.4. The number of hydrogen-bond acceptors (Lipinski definition) is 7. The van der Waals surface area contributed by atoms with Crippen molar-refractivity contribution in [3.8, 4) is 0 Å². The summed E-state index contributed by atoms with van der Waals surface area (Å²) in [6.07, 6.45) is -4.03. The standard InChI is InChI=1S/C20H23ClF2N4O3/c1-30-19(29)14-10-15(21)25-26-18(14)27-9-5-8-20(12-27,16(28)17(22)23)24-11-13-6-3-2-4-7-13/h2-4,6-7,10,16-17,24,28H,5,8-9,11-12H2,1H3. The van der Waals surface area contributed by atoms with E-state index in [1.165, 1.54) is 13.2 Å². The lowest BCUT2D eigenvalue weighted by atomic mass is 9.83. The van der Waals surface area contributed by atoms with Crippen LogP contribution in [0.15, 0.2) is 36.4 Å². The van der Waals surface area contributed by atoms with Gasteiger partial charge in [-0.3, -0.25) is 0 Å². The Hall–Kier alpha value is -2.36. The fourth-order valence-corrected chi connectivity index (χ4v) is 3.87. The van der Waals surface area contributed by atoms with E-state index >= 15 is 0 Å². The number of aliphatic hydroxyl groups is 1. The highest BCUT2D eigenvalue weighted by Crippen LogP contribution is 2.32. The van der Waals surface area contributed by atoms with Gasteiger partial charge in [0.1, 0.15) is 11.7 Å². The highest BCUT2D eigenvalue weighted by atomic mass is 35.5. The van der Waals surface area contributed by atoms with E-state index in [0.717, 1.165) is 5.56 Å². The molecule has 0 amide bonds. The summed E-state index contributed by atoms with van der Waals surface area (Å²) >= 11 is 5.87. The van der Waals surface area contributed by atoms with Crippen molar-refractivity contribution >= 4 is 23.4 Å². The van der Waals surface area contributed by atoms with Gasteiger partial charge in [-0.2, -0.15) is 0 Å². The molecule has 1 aromatic heterocycles. The zero-order chi connectivity index (χ0) is 21.7. The first-order chi connectivity index (χ1) is 14.4. The Labute approximate surface area is 178 Å². The number of halogens is 3. The van der Waals surface area contributed by atoms with Gasteiger partial charge >= 0.3 is 5.97 Å². The minimum Gasteiger partial charge on any atom is -0.465 e. The van der Waals surface area contributed by atoms with Gasteiger partial charge in [0.2, 0.25) is 0 Å². The van der Waals surface area contributed by atoms with Crippen LogP contribution in [0.1, 0.15) is 28.8 Å². The van der Waals surface area contributed by atoms with Gasteiger partial charge in [0.15, 0.2) is 11.0 Å². The number of anilines is 1. The number of methoxy groups -OCH3 is 1. The predicted molar refractivity (Wildman–Crippen MR) is 108 cm³/mol. The number of carbonyl (C=O) groups is 1. The molecule has 0 saturated carbocycles. The van der Waals surface area contributed by atoms with Crippen molar-refractivity contribution in [1.29, 1.82) is 0 Å². The second kappa shape index (κ2) is 9.63. The van der Waals surface area contributed by atoms with Crippen LogP contribution in [0.25, 0.3) is 0 Å². The molecule has 1 fully saturated rings. The number of esters is 1. The van der Waals surface area contributed by atoms with Gasteiger partial charge in [-0.25, -0.2) is 13.6 Å². The SMILES string of the molecule is COC(=O)c1cc(Cl)nnc1N1CCCC(NCc2ccccc2)(C(O)C(F)F)C1. The molecule has 0 spiro atoms. The van der Waals surface area contributed by atoms with Crippen LogP contribution in [0.2, 0.25) is 5.15 Å². The Kier molecular flexibility index (Phi) is 7.17. The third-order valence-electron chi connectivity index (χ3n) is 5.27. The third kappa shape index (κ3) is 4.85. The number of piperidine rings is 1. The fraction of sp³-hybridized carbons (Fsp3) is 0.450. The maximum absolute atomic E-state index is 13.6. The van der Waals surface area contributed by atoms with Crippen LogP contribution >= 0.6 is 11.6 Å². The number of alkyl halides is 2. The molecule has 30 heavy (non-hydrogen) atoms. The van der Waals surface area contributed by atoms with Crippen LogP contribution in [-0.4, -0.2) is 59.5 Å². The molecule has 162 valence electrons. The summed E-state index contributed by atoms with van der Waals surface area (Å²) < 4.78 is 32.0. The molecular formula is C20H23ClF2N4O3. The smallest absolute Gasteiger partial charge is 0.341 e. The van der Waals surface area contributed by atoms with E-state index in [1.807, 2.05) is 30.3 Å². The lowest BCUT2D eigenvalue weighted by Crippen LogP contribution is -2.65. The second-order valence-corrected chi connectivity index (χ2v) is 7.58. The molecule has 2 heterocycles. The highest BCUT2D eigenvalue weighted by Gasteiger charge is 2.46. The third-order valence-corrected chi connectivity index (χ3v) is 5.45. The average Bonchev–Trinajstić information content (AvgIpc) is 2.77. The summed E-state index contributed by atoms with van der Waals surface area (Å²) in [4.78, 5) is 13.8. The quantitative estimate of drug-likeness (QED) is 0.640. The van der Waals surface area contributed by atoms with Gasteiger partial charge in [0.25, 0.3) is 6.43 Å². The van der Waals surface area contributed by atoms with E-state index in [2.05, 4.69) is 15.5 Å². The molecule has 1 saturated heterocycles. The molecule has 7 nitrogen and oxygen atoms in total. The lowest BCUT2D eigenvalue weighted by Gasteiger charge is -2.46. The molecule has 1 aliphatic rings. The number of ether oxygens (including phenoxy) is 1. The molecule has 10 heteroatoms. The number of nitrogens with zero attached hydrogens (tertiary/aromatic N) is 3. The zero-order valence-electron chi connectivity index (χ0n) is 16.4. The number of aromatic nitrogens is 2. The summed E-state index contributed by atoms with van der Waals surface area (Å²) in [5.41, 5.74) is -0.323. The first-order valence-electron chi connectivity index (χ1n) is 9.48. The molecule has 2 aromatic rings. The van der Waals surface area contributed by atoms with Gasteiger partial charge in [0.05, 0.1) is 12.6 Å². The van der Waals surface area contributed by atoms with E-state index in [9.17, 15) is 18.7 Å². The van der Waals surface area contributed by atoms with Crippen LogP contribution in [0, 0.1) is 0 Å². The Balaban J connectivity index is 1.91. The average molecular weight is 441 g/mol. The molecule has 1 aromatic carbocycles. The number of carbonyl (C=O) groups excluding carboxylic acids is 1. The van der Waals surface area contributed by atoms with Crippen molar-refractivity contribution in [2.24, 2.45) is 0 Å². The monoisotopic (exact) mass is 440 g/mol. The Morgan fingerprint density at radius 3 is 2.77 bits per heavy atom. The zero-order valence-corrected chi connectivity index (χ0v) is 17.1. The van der Waals surface area contributed by atoms with Crippen molar-refractivity contribution in [1.82, 2.24) is 15.5 Å². The van der Waals surface area contributed by atoms with Gasteiger partial charge in [-0.15, -0.1) is 10.2 Å². The normalized spacial score (nSPS) is 20.3. The van der Waals surface area contributed by atoms with Gasteiger partial charge in [-0.05, 0) is 24.5 Å². The number of aliphatic hydroxyl groups excluding tert-OH is 1. The van der Waals surface area contributed by atoms with Crippen LogP contribution in [-0.2, 0) is 11.3 Å². The van der Waals surface area contributed by atoms with Crippen LogP contribution in [0.4, 0.5) is 14.6 Å². The Morgan fingerprint density at radius 1 is 1.37 bits per heavy atom. The molecule has 2 atom stereocenters. The molecule has 1 aliphatic heterocycles. The van der Waals surface area contributed by atoms with Crippen molar-refractivity contribution in [3.63, 3.8) is 0 Å². The Bertz CT molecular complexity index is 874. The number of benzene rings is 1. The van der Waals surface area contributed by atoms with E-state index < -0.39 is 24.0 Å². The van der Waals surface area contributed by atoms with Crippen LogP contribution < -0.4 is 10.2 Å². The Morgan fingerprint density at radius 2 is 2.10 bits per heavy atom. The van der Waals surface area contributed by atoms with Gasteiger partial charge < -0.3 is 20.1 Å². The highest BCUT2D eigenvalue weighted by molar-refractivity contribution is 6.29. The van der Waals surface area contributed by atoms with Crippen molar-refractivity contribution in [2.75, 3.05) is 25.1 Å². The fourth-order valence-electron chi connectivity index (χ4n) is 3.73. The maximum Gasteiger partial charge on any atom is 0.341 e. The molecule has 3 rings (SSSR count). The number of hydrogen-bond donors (Lipinski definition) is 2. The van der Waals surface area contributed by atoms with E-state index in [4.69, 9.17) is 16.3 Å². The predicted octanol–water partition coefficient (Wildman–Crippen LogP) is 2.67. The van der Waals surface area contributed by atoms with Crippen molar-refractivity contribution in [3.05, 3.63) is 52.7 Å². The number of nitrogens with one attached hydrogen (secondary N) is 1. The molecule has 2 unspecified atom stereocenters. The second-order valence-electron chi connectivity index (χ2n) is 7.20.